The minimum Gasteiger partial charge on any atom is -0.496 e. The van der Waals surface area contributed by atoms with Crippen LogP contribution in [0.1, 0.15) is 30.0 Å². The first-order chi connectivity index (χ1) is 6.72. The molecule has 1 unspecified atom stereocenters. The summed E-state index contributed by atoms with van der Waals surface area (Å²) >= 11 is 0. The van der Waals surface area contributed by atoms with Gasteiger partial charge in [-0.1, -0.05) is 12.1 Å². The summed E-state index contributed by atoms with van der Waals surface area (Å²) < 4.78 is 5.21. The van der Waals surface area contributed by atoms with Gasteiger partial charge in [0.15, 0.2) is 0 Å². The Hall–Kier alpha value is -1.02. The van der Waals surface area contributed by atoms with Crippen molar-refractivity contribution in [3.63, 3.8) is 0 Å². The minimum atomic E-state index is 0.222. The van der Waals surface area contributed by atoms with E-state index >= 15 is 0 Å². The Kier molecular flexibility index (Phi) is 2.46. The van der Waals surface area contributed by atoms with E-state index in [9.17, 15) is 0 Å². The Labute approximate surface area is 85.1 Å². The first-order valence-electron chi connectivity index (χ1n) is 5.12. The molecule has 76 valence electrons. The summed E-state index contributed by atoms with van der Waals surface area (Å²) in [5.41, 5.74) is 8.53. The molecule has 1 aromatic carbocycles. The first-order valence-corrected chi connectivity index (χ1v) is 5.12. The van der Waals surface area contributed by atoms with Crippen LogP contribution in [-0.2, 0) is 0 Å². The number of hydrogen-bond acceptors (Lipinski definition) is 2. The average Bonchev–Trinajstić information content (AvgIpc) is 3.00. The van der Waals surface area contributed by atoms with Crippen LogP contribution in [0.2, 0.25) is 0 Å². The normalized spacial score (nSPS) is 17.9. The molecule has 2 N–H and O–H groups in total. The third kappa shape index (κ3) is 1.75. The maximum absolute atomic E-state index is 6.12. The van der Waals surface area contributed by atoms with Crippen molar-refractivity contribution in [3.8, 4) is 5.75 Å². The molecule has 1 atom stereocenters. The largest absolute Gasteiger partial charge is 0.496 e. The predicted octanol–water partition coefficient (Wildman–Crippen LogP) is 2.41. The molecule has 0 spiro atoms. The van der Waals surface area contributed by atoms with Gasteiger partial charge in [0.1, 0.15) is 5.75 Å². The van der Waals surface area contributed by atoms with E-state index in [0.717, 1.165) is 5.75 Å². The third-order valence-corrected chi connectivity index (χ3v) is 2.93. The Balaban J connectivity index is 2.22. The van der Waals surface area contributed by atoms with Gasteiger partial charge in [-0.25, -0.2) is 0 Å². The molecule has 0 aromatic heterocycles. The summed E-state index contributed by atoms with van der Waals surface area (Å²) in [6, 6.07) is 6.45. The Morgan fingerprint density at radius 2 is 2.14 bits per heavy atom. The van der Waals surface area contributed by atoms with Crippen LogP contribution < -0.4 is 10.5 Å². The lowest BCUT2D eigenvalue weighted by molar-refractivity contribution is 0.411. The number of methoxy groups -OCH3 is 1. The number of aryl methyl sites for hydroxylation is 1. The zero-order valence-electron chi connectivity index (χ0n) is 8.79. The van der Waals surface area contributed by atoms with Crippen LogP contribution >= 0.6 is 0 Å². The van der Waals surface area contributed by atoms with E-state index in [1.807, 2.05) is 6.07 Å². The van der Waals surface area contributed by atoms with Gasteiger partial charge in [0.05, 0.1) is 7.11 Å². The molecule has 0 aliphatic heterocycles. The van der Waals surface area contributed by atoms with Crippen molar-refractivity contribution >= 4 is 0 Å². The molecule has 2 rings (SSSR count). The van der Waals surface area contributed by atoms with Crippen molar-refractivity contribution in [2.24, 2.45) is 11.7 Å². The number of hydrogen-bond donors (Lipinski definition) is 1. The fraction of sp³-hybridized carbons (Fsp3) is 0.500. The van der Waals surface area contributed by atoms with Gasteiger partial charge in [0.25, 0.3) is 0 Å². The van der Waals surface area contributed by atoms with Crippen molar-refractivity contribution in [1.29, 1.82) is 0 Å². The van der Waals surface area contributed by atoms with Crippen molar-refractivity contribution < 1.29 is 4.74 Å². The monoisotopic (exact) mass is 191 g/mol. The fourth-order valence-corrected chi connectivity index (χ4v) is 1.84. The number of rotatable bonds is 3. The zero-order valence-corrected chi connectivity index (χ0v) is 8.79. The Morgan fingerprint density at radius 1 is 1.43 bits per heavy atom. The summed E-state index contributed by atoms with van der Waals surface area (Å²) in [5, 5.41) is 0. The van der Waals surface area contributed by atoms with E-state index in [-0.39, 0.29) is 6.04 Å². The van der Waals surface area contributed by atoms with Crippen LogP contribution in [0.25, 0.3) is 0 Å². The molecule has 0 amide bonds. The van der Waals surface area contributed by atoms with E-state index < -0.39 is 0 Å². The van der Waals surface area contributed by atoms with E-state index in [2.05, 4.69) is 19.1 Å². The molecular weight excluding hydrogens is 174 g/mol. The van der Waals surface area contributed by atoms with Crippen molar-refractivity contribution in [3.05, 3.63) is 29.3 Å². The van der Waals surface area contributed by atoms with Gasteiger partial charge in [-0.15, -0.1) is 0 Å². The van der Waals surface area contributed by atoms with Gasteiger partial charge >= 0.3 is 0 Å². The van der Waals surface area contributed by atoms with Crippen LogP contribution in [0.15, 0.2) is 18.2 Å². The van der Waals surface area contributed by atoms with Crippen LogP contribution in [0, 0.1) is 12.8 Å². The van der Waals surface area contributed by atoms with Crippen molar-refractivity contribution in [2.45, 2.75) is 25.8 Å². The van der Waals surface area contributed by atoms with Gasteiger partial charge < -0.3 is 10.5 Å². The van der Waals surface area contributed by atoms with Crippen LogP contribution in [-0.4, -0.2) is 7.11 Å². The predicted molar refractivity (Wildman–Crippen MR) is 57.4 cm³/mol. The van der Waals surface area contributed by atoms with Crippen LogP contribution in [0.3, 0.4) is 0 Å². The SMILES string of the molecule is COc1ccc(C(N)C2CC2)cc1C. The quantitative estimate of drug-likeness (QED) is 0.796. The maximum Gasteiger partial charge on any atom is 0.121 e. The topological polar surface area (TPSA) is 35.2 Å². The molecule has 1 aromatic rings. The smallest absolute Gasteiger partial charge is 0.121 e. The second kappa shape index (κ2) is 3.62. The van der Waals surface area contributed by atoms with Gasteiger partial charge in [-0.2, -0.15) is 0 Å². The van der Waals surface area contributed by atoms with Gasteiger partial charge in [0.2, 0.25) is 0 Å². The standard InChI is InChI=1S/C12H17NO/c1-8-7-10(5-6-11(8)14-2)12(13)9-3-4-9/h5-7,9,12H,3-4,13H2,1-2H3. The fourth-order valence-electron chi connectivity index (χ4n) is 1.84. The molecule has 0 saturated heterocycles. The summed E-state index contributed by atoms with van der Waals surface area (Å²) in [4.78, 5) is 0. The Morgan fingerprint density at radius 3 is 2.64 bits per heavy atom. The van der Waals surface area contributed by atoms with E-state index in [0.29, 0.717) is 5.92 Å². The highest BCUT2D eigenvalue weighted by atomic mass is 16.5. The average molecular weight is 191 g/mol. The number of ether oxygens (including phenoxy) is 1. The lowest BCUT2D eigenvalue weighted by atomic mass is 10.0. The molecule has 2 heteroatoms. The summed E-state index contributed by atoms with van der Waals surface area (Å²) in [6.07, 6.45) is 2.57. The summed E-state index contributed by atoms with van der Waals surface area (Å²) in [5.74, 6) is 1.65. The third-order valence-electron chi connectivity index (χ3n) is 2.93. The molecule has 0 bridgehead atoms. The molecule has 14 heavy (non-hydrogen) atoms. The second-order valence-corrected chi connectivity index (χ2v) is 4.09. The van der Waals surface area contributed by atoms with E-state index in [1.165, 1.54) is 24.0 Å². The van der Waals surface area contributed by atoms with E-state index in [4.69, 9.17) is 10.5 Å². The highest BCUT2D eigenvalue weighted by Gasteiger charge is 2.29. The van der Waals surface area contributed by atoms with Gasteiger partial charge in [-0.05, 0) is 42.9 Å². The van der Waals surface area contributed by atoms with Crippen molar-refractivity contribution in [2.75, 3.05) is 7.11 Å². The lowest BCUT2D eigenvalue weighted by Gasteiger charge is -2.13. The highest BCUT2D eigenvalue weighted by Crippen LogP contribution is 2.40. The maximum atomic E-state index is 6.12. The molecule has 1 aliphatic rings. The number of benzene rings is 1. The van der Waals surface area contributed by atoms with Gasteiger partial charge in [-0.3, -0.25) is 0 Å². The first kappa shape index (κ1) is 9.53. The van der Waals surface area contributed by atoms with Crippen LogP contribution in [0.4, 0.5) is 0 Å². The molecule has 1 aliphatic carbocycles. The minimum absolute atomic E-state index is 0.222. The summed E-state index contributed by atoms with van der Waals surface area (Å²) in [6.45, 7) is 2.06. The van der Waals surface area contributed by atoms with E-state index in [1.54, 1.807) is 7.11 Å². The zero-order chi connectivity index (χ0) is 10.1. The Bertz CT molecular complexity index is 331. The highest BCUT2D eigenvalue weighted by molar-refractivity contribution is 5.37. The van der Waals surface area contributed by atoms with Crippen molar-refractivity contribution in [1.82, 2.24) is 0 Å². The van der Waals surface area contributed by atoms with Gasteiger partial charge in [0, 0.05) is 6.04 Å². The second-order valence-electron chi connectivity index (χ2n) is 4.09. The molecule has 0 radical (unpaired) electrons. The van der Waals surface area contributed by atoms with Crippen LogP contribution in [0.5, 0.6) is 5.75 Å². The molecule has 2 nitrogen and oxygen atoms in total. The molecular formula is C12H17NO. The summed E-state index contributed by atoms with van der Waals surface area (Å²) in [7, 11) is 1.70. The molecule has 1 saturated carbocycles. The molecule has 1 fully saturated rings. The molecule has 0 heterocycles. The number of nitrogens with two attached hydrogens (primary N) is 1. The lowest BCUT2D eigenvalue weighted by Crippen LogP contribution is -2.12.